The van der Waals surface area contributed by atoms with Crippen molar-refractivity contribution in [3.05, 3.63) is 58.6 Å². The van der Waals surface area contributed by atoms with E-state index in [-0.39, 0.29) is 11.7 Å². The standard InChI is InChI=1S/C22H25ClN4O2S/c1-15-9-10-19(16(2)13-15)24-20(28)14-30-22-26-25-21(27(22)11-6-12-29-3)17-7-4-5-8-18(17)23/h4-5,7-10,13H,6,11-12,14H2,1-3H3,(H,24,28). The summed E-state index contributed by atoms with van der Waals surface area (Å²) in [6.07, 6.45) is 0.800. The van der Waals surface area contributed by atoms with Crippen molar-refractivity contribution in [2.45, 2.75) is 32.0 Å². The fourth-order valence-corrected chi connectivity index (χ4v) is 4.06. The molecule has 6 nitrogen and oxygen atoms in total. The quantitative estimate of drug-likeness (QED) is 0.372. The Bertz CT molecular complexity index is 1020. The summed E-state index contributed by atoms with van der Waals surface area (Å²) in [5.41, 5.74) is 3.84. The van der Waals surface area contributed by atoms with Gasteiger partial charge in [0.1, 0.15) is 0 Å². The number of hydrogen-bond donors (Lipinski definition) is 1. The van der Waals surface area contributed by atoms with Gasteiger partial charge >= 0.3 is 0 Å². The minimum absolute atomic E-state index is 0.0855. The van der Waals surface area contributed by atoms with E-state index in [0.29, 0.717) is 29.2 Å². The molecule has 30 heavy (non-hydrogen) atoms. The van der Waals surface area contributed by atoms with Crippen molar-refractivity contribution in [2.24, 2.45) is 0 Å². The van der Waals surface area contributed by atoms with Gasteiger partial charge in [-0.25, -0.2) is 0 Å². The summed E-state index contributed by atoms with van der Waals surface area (Å²) in [4.78, 5) is 12.5. The van der Waals surface area contributed by atoms with Gasteiger partial charge in [0.15, 0.2) is 11.0 Å². The number of ether oxygens (including phenoxy) is 1. The van der Waals surface area contributed by atoms with Gasteiger partial charge in [-0.1, -0.05) is 53.2 Å². The number of nitrogens with zero attached hydrogens (tertiary/aromatic N) is 3. The first-order chi connectivity index (χ1) is 14.5. The summed E-state index contributed by atoms with van der Waals surface area (Å²) >= 11 is 7.72. The van der Waals surface area contributed by atoms with Gasteiger partial charge in [-0.3, -0.25) is 4.79 Å². The molecule has 0 radical (unpaired) electrons. The van der Waals surface area contributed by atoms with Crippen LogP contribution in [0.5, 0.6) is 0 Å². The first kappa shape index (κ1) is 22.3. The summed E-state index contributed by atoms with van der Waals surface area (Å²) in [6, 6.07) is 13.5. The second kappa shape index (κ2) is 10.6. The lowest BCUT2D eigenvalue weighted by atomic mass is 10.1. The first-order valence-electron chi connectivity index (χ1n) is 9.66. The fraction of sp³-hybridized carbons (Fsp3) is 0.318. The highest BCUT2D eigenvalue weighted by Gasteiger charge is 2.17. The van der Waals surface area contributed by atoms with Crippen molar-refractivity contribution in [3.8, 4) is 11.4 Å². The number of hydrogen-bond acceptors (Lipinski definition) is 5. The van der Waals surface area contributed by atoms with Crippen molar-refractivity contribution in [3.63, 3.8) is 0 Å². The highest BCUT2D eigenvalue weighted by molar-refractivity contribution is 7.99. The van der Waals surface area contributed by atoms with Gasteiger partial charge in [-0.15, -0.1) is 10.2 Å². The maximum Gasteiger partial charge on any atom is 0.234 e. The van der Waals surface area contributed by atoms with E-state index in [9.17, 15) is 4.79 Å². The lowest BCUT2D eigenvalue weighted by Crippen LogP contribution is -2.15. The van der Waals surface area contributed by atoms with Gasteiger partial charge < -0.3 is 14.6 Å². The van der Waals surface area contributed by atoms with Gasteiger partial charge in [0.2, 0.25) is 5.91 Å². The van der Waals surface area contributed by atoms with Crippen LogP contribution in [0, 0.1) is 13.8 Å². The second-order valence-corrected chi connectivity index (χ2v) is 8.29. The average Bonchev–Trinajstić information content (AvgIpc) is 3.12. The largest absolute Gasteiger partial charge is 0.385 e. The highest BCUT2D eigenvalue weighted by Crippen LogP contribution is 2.29. The van der Waals surface area contributed by atoms with Crippen molar-refractivity contribution < 1.29 is 9.53 Å². The lowest BCUT2D eigenvalue weighted by Gasteiger charge is -2.11. The number of rotatable bonds is 9. The van der Waals surface area contributed by atoms with Gasteiger partial charge in [-0.2, -0.15) is 0 Å². The van der Waals surface area contributed by atoms with Crippen molar-refractivity contribution >= 4 is 35.0 Å². The Morgan fingerprint density at radius 2 is 2.00 bits per heavy atom. The van der Waals surface area contributed by atoms with Gasteiger partial charge in [0.25, 0.3) is 0 Å². The molecule has 0 saturated heterocycles. The zero-order chi connectivity index (χ0) is 21.5. The zero-order valence-electron chi connectivity index (χ0n) is 17.3. The molecule has 158 valence electrons. The third-order valence-electron chi connectivity index (χ3n) is 4.55. The molecule has 3 rings (SSSR count). The molecule has 0 aliphatic heterocycles. The average molecular weight is 445 g/mol. The number of amides is 1. The van der Waals surface area contributed by atoms with Crippen LogP contribution in [0.1, 0.15) is 17.5 Å². The van der Waals surface area contributed by atoms with E-state index in [0.717, 1.165) is 28.8 Å². The minimum Gasteiger partial charge on any atom is -0.385 e. The molecule has 8 heteroatoms. The van der Waals surface area contributed by atoms with E-state index in [1.807, 2.05) is 60.9 Å². The Morgan fingerprint density at radius 1 is 1.20 bits per heavy atom. The van der Waals surface area contributed by atoms with Crippen LogP contribution in [-0.2, 0) is 16.1 Å². The number of carbonyl (C=O) groups is 1. The molecule has 0 atom stereocenters. The van der Waals surface area contributed by atoms with Crippen molar-refractivity contribution in [2.75, 3.05) is 24.8 Å². The van der Waals surface area contributed by atoms with Gasteiger partial charge in [-0.05, 0) is 44.0 Å². The van der Waals surface area contributed by atoms with Crippen molar-refractivity contribution in [1.82, 2.24) is 14.8 Å². The van der Waals surface area contributed by atoms with E-state index in [1.165, 1.54) is 11.8 Å². The Hall–Kier alpha value is -2.35. The third kappa shape index (κ3) is 5.62. The third-order valence-corrected chi connectivity index (χ3v) is 5.85. The number of halogens is 1. The van der Waals surface area contributed by atoms with E-state index >= 15 is 0 Å². The maximum absolute atomic E-state index is 12.5. The Balaban J connectivity index is 1.74. The van der Waals surface area contributed by atoms with E-state index in [2.05, 4.69) is 15.5 Å². The topological polar surface area (TPSA) is 69.0 Å². The summed E-state index contributed by atoms with van der Waals surface area (Å²) in [5.74, 6) is 0.838. The molecule has 1 amide bonds. The number of methoxy groups -OCH3 is 1. The monoisotopic (exact) mass is 444 g/mol. The SMILES string of the molecule is COCCCn1c(SCC(=O)Nc2ccc(C)cc2C)nnc1-c1ccccc1Cl. The molecule has 1 heterocycles. The Labute approximate surface area is 186 Å². The zero-order valence-corrected chi connectivity index (χ0v) is 18.9. The molecular weight excluding hydrogens is 420 g/mol. The molecule has 0 bridgehead atoms. The molecule has 2 aromatic carbocycles. The van der Waals surface area contributed by atoms with E-state index < -0.39 is 0 Å². The highest BCUT2D eigenvalue weighted by atomic mass is 35.5. The van der Waals surface area contributed by atoms with Gasteiger partial charge in [0.05, 0.1) is 10.8 Å². The minimum atomic E-state index is -0.0855. The van der Waals surface area contributed by atoms with Crippen molar-refractivity contribution in [1.29, 1.82) is 0 Å². The second-order valence-electron chi connectivity index (χ2n) is 6.94. The van der Waals surface area contributed by atoms with Crippen LogP contribution in [0.25, 0.3) is 11.4 Å². The van der Waals surface area contributed by atoms with E-state index in [1.54, 1.807) is 7.11 Å². The van der Waals surface area contributed by atoms with Crippen LogP contribution in [0.2, 0.25) is 5.02 Å². The Kier molecular flexibility index (Phi) is 7.90. The Morgan fingerprint density at radius 3 is 2.73 bits per heavy atom. The smallest absolute Gasteiger partial charge is 0.234 e. The molecule has 0 aliphatic carbocycles. The summed E-state index contributed by atoms with van der Waals surface area (Å²) in [6.45, 7) is 5.30. The molecule has 0 aliphatic rings. The summed E-state index contributed by atoms with van der Waals surface area (Å²) in [5, 5.41) is 12.9. The number of nitrogens with one attached hydrogen (secondary N) is 1. The molecule has 1 aromatic heterocycles. The number of anilines is 1. The van der Waals surface area contributed by atoms with Crippen LogP contribution >= 0.6 is 23.4 Å². The lowest BCUT2D eigenvalue weighted by molar-refractivity contribution is -0.113. The van der Waals surface area contributed by atoms with E-state index in [4.69, 9.17) is 16.3 Å². The number of carbonyl (C=O) groups excluding carboxylic acids is 1. The summed E-state index contributed by atoms with van der Waals surface area (Å²) < 4.78 is 7.18. The van der Waals surface area contributed by atoms with Crippen LogP contribution in [0.3, 0.4) is 0 Å². The maximum atomic E-state index is 12.5. The predicted octanol–water partition coefficient (Wildman–Crippen LogP) is 4.98. The number of aryl methyl sites for hydroxylation is 2. The molecular formula is C22H25ClN4O2S. The van der Waals surface area contributed by atoms with Crippen LogP contribution in [0.4, 0.5) is 5.69 Å². The predicted molar refractivity (Wildman–Crippen MR) is 122 cm³/mol. The molecule has 0 saturated carbocycles. The van der Waals surface area contributed by atoms with Crippen LogP contribution in [0.15, 0.2) is 47.6 Å². The fourth-order valence-electron chi connectivity index (χ4n) is 3.08. The first-order valence-corrected chi connectivity index (χ1v) is 11.0. The molecule has 0 unspecified atom stereocenters. The van der Waals surface area contributed by atoms with Crippen LogP contribution < -0.4 is 5.32 Å². The number of aromatic nitrogens is 3. The normalized spacial score (nSPS) is 10.9. The van der Waals surface area contributed by atoms with Crippen LogP contribution in [-0.4, -0.2) is 40.1 Å². The van der Waals surface area contributed by atoms with Gasteiger partial charge in [0, 0.05) is 31.5 Å². The molecule has 0 fully saturated rings. The number of benzene rings is 2. The molecule has 0 spiro atoms. The molecule has 1 N–H and O–H groups in total. The molecule has 3 aromatic rings. The number of thioether (sulfide) groups is 1. The summed E-state index contributed by atoms with van der Waals surface area (Å²) in [7, 11) is 1.67.